The fourth-order valence-electron chi connectivity index (χ4n) is 2.50. The van der Waals surface area contributed by atoms with Crippen molar-refractivity contribution in [3.05, 3.63) is 45.4 Å². The number of guanidine groups is 1. The monoisotopic (exact) mass is 545 g/mol. The van der Waals surface area contributed by atoms with Crippen molar-refractivity contribution in [1.29, 1.82) is 0 Å². The van der Waals surface area contributed by atoms with E-state index in [0.717, 1.165) is 35.2 Å². The molecule has 1 aromatic carbocycles. The summed E-state index contributed by atoms with van der Waals surface area (Å²) in [5, 5.41) is 10.4. The van der Waals surface area contributed by atoms with Crippen LogP contribution in [0.25, 0.3) is 0 Å². The Morgan fingerprint density at radius 1 is 1.17 bits per heavy atom. The van der Waals surface area contributed by atoms with Crippen LogP contribution < -0.4 is 16.0 Å². The van der Waals surface area contributed by atoms with Crippen molar-refractivity contribution >= 4 is 53.1 Å². The number of hydrogen-bond donors (Lipinski definition) is 3. The normalized spacial score (nSPS) is 11.5. The van der Waals surface area contributed by atoms with Gasteiger partial charge in [0.15, 0.2) is 5.96 Å². The van der Waals surface area contributed by atoms with Gasteiger partial charge in [-0.3, -0.25) is 10.3 Å². The molecule has 0 radical (unpaired) electrons. The number of nitrogens with one attached hydrogen (secondary N) is 3. The van der Waals surface area contributed by atoms with Gasteiger partial charge in [0.25, 0.3) is 0 Å². The van der Waals surface area contributed by atoms with Gasteiger partial charge in [0, 0.05) is 24.2 Å². The smallest absolute Gasteiger partial charge is 0.412 e. The molecule has 3 N–H and O–H groups in total. The highest BCUT2D eigenvalue weighted by Crippen LogP contribution is 2.16. The Bertz CT molecular complexity index is 825. The van der Waals surface area contributed by atoms with E-state index < -0.39 is 11.7 Å². The maximum Gasteiger partial charge on any atom is 0.412 e. The Hall–Kier alpha value is -1.88. The molecule has 0 spiro atoms. The molecule has 9 heteroatoms. The highest BCUT2D eigenvalue weighted by Gasteiger charge is 2.16. The van der Waals surface area contributed by atoms with Crippen molar-refractivity contribution in [1.82, 2.24) is 15.6 Å². The lowest BCUT2D eigenvalue weighted by molar-refractivity contribution is 0.0636. The quantitative estimate of drug-likeness (QED) is 0.280. The lowest BCUT2D eigenvalue weighted by Gasteiger charge is -2.19. The SMILES string of the molecule is CN=C(NCCc1ccc(NC(=O)OC(C)(C)C)cc1)NCc1nc(C)c(C)s1.I. The van der Waals surface area contributed by atoms with E-state index in [1.165, 1.54) is 4.88 Å². The topological polar surface area (TPSA) is 87.6 Å². The molecule has 0 bridgehead atoms. The van der Waals surface area contributed by atoms with Crippen molar-refractivity contribution in [2.24, 2.45) is 4.99 Å². The third-order valence-electron chi connectivity index (χ3n) is 4.01. The maximum absolute atomic E-state index is 11.8. The lowest BCUT2D eigenvalue weighted by atomic mass is 10.1. The number of ether oxygens (including phenoxy) is 1. The molecule has 30 heavy (non-hydrogen) atoms. The molecule has 0 aliphatic carbocycles. The molecule has 1 heterocycles. The van der Waals surface area contributed by atoms with Crippen LogP contribution in [0.2, 0.25) is 0 Å². The zero-order valence-electron chi connectivity index (χ0n) is 18.5. The summed E-state index contributed by atoms with van der Waals surface area (Å²) in [5.41, 5.74) is 2.44. The molecule has 2 rings (SSSR count). The molecule has 0 saturated carbocycles. The number of hydrogen-bond acceptors (Lipinski definition) is 5. The number of nitrogens with zero attached hydrogens (tertiary/aromatic N) is 2. The molecular formula is C21H32IN5O2S. The first kappa shape index (κ1) is 26.2. The molecule has 1 aromatic heterocycles. The first-order valence-corrected chi connectivity index (χ1v) is 10.4. The van der Waals surface area contributed by atoms with Crippen LogP contribution in [0.1, 0.15) is 41.9 Å². The standard InChI is InChI=1S/C21H31N5O2S.HI/c1-14-15(2)29-18(25-14)13-24-19(22-6)23-12-11-16-7-9-17(10-8-16)26-20(27)28-21(3,4)5;/h7-10H,11-13H2,1-6H3,(H,26,27)(H2,22,23,24);1H. The molecule has 0 aliphatic heterocycles. The van der Waals surface area contributed by atoms with Crippen molar-refractivity contribution in [2.75, 3.05) is 18.9 Å². The van der Waals surface area contributed by atoms with E-state index in [9.17, 15) is 4.79 Å². The number of aliphatic imine (C=N–C) groups is 1. The molecule has 0 unspecified atom stereocenters. The number of halogens is 1. The molecule has 2 aromatic rings. The fourth-order valence-corrected chi connectivity index (χ4v) is 3.37. The molecule has 0 saturated heterocycles. The minimum absolute atomic E-state index is 0. The van der Waals surface area contributed by atoms with E-state index in [4.69, 9.17) is 4.74 Å². The van der Waals surface area contributed by atoms with Crippen molar-refractivity contribution in [2.45, 2.75) is 53.2 Å². The van der Waals surface area contributed by atoms with Crippen LogP contribution in [0, 0.1) is 13.8 Å². The summed E-state index contributed by atoms with van der Waals surface area (Å²) in [4.78, 5) is 21.8. The molecule has 166 valence electrons. The van der Waals surface area contributed by atoms with E-state index in [1.54, 1.807) is 18.4 Å². The van der Waals surface area contributed by atoms with Crippen molar-refractivity contribution in [3.63, 3.8) is 0 Å². The maximum atomic E-state index is 11.8. The number of amides is 1. The minimum Gasteiger partial charge on any atom is -0.444 e. The van der Waals surface area contributed by atoms with E-state index >= 15 is 0 Å². The van der Waals surface area contributed by atoms with Crippen LogP contribution in [0.5, 0.6) is 0 Å². The zero-order valence-corrected chi connectivity index (χ0v) is 21.6. The van der Waals surface area contributed by atoms with Gasteiger partial charge in [-0.05, 0) is 58.7 Å². The van der Waals surface area contributed by atoms with Crippen molar-refractivity contribution < 1.29 is 9.53 Å². The average molecular weight is 545 g/mol. The second-order valence-electron chi connectivity index (χ2n) is 7.68. The number of aromatic nitrogens is 1. The van der Waals surface area contributed by atoms with Gasteiger partial charge in [0.2, 0.25) is 0 Å². The van der Waals surface area contributed by atoms with E-state index in [0.29, 0.717) is 12.2 Å². The number of carbonyl (C=O) groups excluding carboxylic acids is 1. The number of anilines is 1. The molecule has 1 amide bonds. The van der Waals surface area contributed by atoms with Gasteiger partial charge in [-0.25, -0.2) is 9.78 Å². The Kier molecular flexibility index (Phi) is 10.5. The Morgan fingerprint density at radius 3 is 2.37 bits per heavy atom. The number of rotatable bonds is 6. The van der Waals surface area contributed by atoms with Crippen LogP contribution in [0.15, 0.2) is 29.3 Å². The minimum atomic E-state index is -0.514. The van der Waals surface area contributed by atoms with Gasteiger partial charge >= 0.3 is 6.09 Å². The molecule has 0 fully saturated rings. The average Bonchev–Trinajstić information content (AvgIpc) is 2.95. The summed E-state index contributed by atoms with van der Waals surface area (Å²) in [6.45, 7) is 11.0. The molecule has 0 aliphatic rings. The first-order chi connectivity index (χ1) is 13.7. The number of benzene rings is 1. The Balaban J connectivity index is 0.00000450. The van der Waals surface area contributed by atoms with Gasteiger partial charge in [0.05, 0.1) is 12.2 Å². The summed E-state index contributed by atoms with van der Waals surface area (Å²) in [6, 6.07) is 7.73. The zero-order chi connectivity index (χ0) is 21.4. The highest BCUT2D eigenvalue weighted by atomic mass is 127. The van der Waals surface area contributed by atoms with Gasteiger partial charge in [-0.1, -0.05) is 12.1 Å². The lowest BCUT2D eigenvalue weighted by Crippen LogP contribution is -2.37. The van der Waals surface area contributed by atoms with E-state index in [2.05, 4.69) is 32.9 Å². The van der Waals surface area contributed by atoms with Crippen LogP contribution >= 0.6 is 35.3 Å². The Morgan fingerprint density at radius 2 is 1.83 bits per heavy atom. The summed E-state index contributed by atoms with van der Waals surface area (Å²) in [6.07, 6.45) is 0.385. The van der Waals surface area contributed by atoms with Gasteiger partial charge in [0.1, 0.15) is 10.6 Å². The number of thiazole rings is 1. The third kappa shape index (κ3) is 9.29. The molecule has 7 nitrogen and oxygen atoms in total. The van der Waals surface area contributed by atoms with Crippen LogP contribution in [0.3, 0.4) is 0 Å². The van der Waals surface area contributed by atoms with Crippen LogP contribution in [-0.2, 0) is 17.7 Å². The van der Waals surface area contributed by atoms with Gasteiger partial charge in [-0.15, -0.1) is 35.3 Å². The predicted molar refractivity (Wildman–Crippen MR) is 135 cm³/mol. The summed E-state index contributed by atoms with van der Waals surface area (Å²) >= 11 is 1.70. The van der Waals surface area contributed by atoms with Crippen molar-refractivity contribution in [3.8, 4) is 0 Å². The van der Waals surface area contributed by atoms with Crippen LogP contribution in [-0.4, -0.2) is 36.2 Å². The first-order valence-electron chi connectivity index (χ1n) is 9.62. The summed E-state index contributed by atoms with van der Waals surface area (Å²) in [7, 11) is 1.75. The predicted octanol–water partition coefficient (Wildman–Crippen LogP) is 4.63. The second-order valence-corrected chi connectivity index (χ2v) is 8.96. The molecule has 0 atom stereocenters. The Labute approximate surface area is 200 Å². The number of aryl methyl sites for hydroxylation is 2. The third-order valence-corrected chi connectivity index (χ3v) is 5.08. The fraction of sp³-hybridized carbons (Fsp3) is 0.476. The van der Waals surface area contributed by atoms with E-state index in [-0.39, 0.29) is 24.0 Å². The van der Waals surface area contributed by atoms with E-state index in [1.807, 2.05) is 52.0 Å². The van der Waals surface area contributed by atoms with Gasteiger partial charge in [-0.2, -0.15) is 0 Å². The second kappa shape index (κ2) is 12.1. The largest absolute Gasteiger partial charge is 0.444 e. The van der Waals surface area contributed by atoms with Gasteiger partial charge < -0.3 is 15.4 Å². The van der Waals surface area contributed by atoms with Crippen LogP contribution in [0.4, 0.5) is 10.5 Å². The summed E-state index contributed by atoms with van der Waals surface area (Å²) in [5.74, 6) is 0.749. The summed E-state index contributed by atoms with van der Waals surface area (Å²) < 4.78 is 5.25. The molecular weight excluding hydrogens is 513 g/mol. The number of carbonyl (C=O) groups is 1. The highest BCUT2D eigenvalue weighted by molar-refractivity contribution is 14.0.